The normalized spacial score (nSPS) is 13.7. The molecule has 0 fully saturated rings. The number of aryl methyl sites for hydroxylation is 1. The minimum absolute atomic E-state index is 0.207. The van der Waals surface area contributed by atoms with Crippen LogP contribution >= 0.6 is 11.6 Å². The molecule has 2 aromatic carbocycles. The standard InChI is InChI=1S/C22H23ClN6/c1-29-14-15(13-28-29)12-27-22(26)18(20(24)16-8-4-2-5-9-16)19(23)21(25)17-10-6-3-7-11-17/h2-11,13-14H,12,24-25H2,1H3,(H2,26,27)/b20-18?,21-19+. The molecule has 0 aliphatic rings. The number of aromatic nitrogens is 2. The van der Waals surface area contributed by atoms with Crippen LogP contribution in [0.1, 0.15) is 16.7 Å². The predicted octanol–water partition coefficient (Wildman–Crippen LogP) is 3.21. The fourth-order valence-electron chi connectivity index (χ4n) is 2.82. The van der Waals surface area contributed by atoms with E-state index in [1.807, 2.05) is 73.9 Å². The van der Waals surface area contributed by atoms with Crippen LogP contribution in [-0.2, 0) is 13.6 Å². The molecular weight excluding hydrogens is 384 g/mol. The van der Waals surface area contributed by atoms with Gasteiger partial charge in [-0.15, -0.1) is 0 Å². The van der Waals surface area contributed by atoms with Crippen LogP contribution in [0.3, 0.4) is 0 Å². The monoisotopic (exact) mass is 406 g/mol. The molecule has 148 valence electrons. The van der Waals surface area contributed by atoms with Gasteiger partial charge in [-0.25, -0.2) is 0 Å². The lowest BCUT2D eigenvalue weighted by atomic mass is 10.0. The molecule has 0 radical (unpaired) electrons. The Bertz CT molecular complexity index is 1060. The molecule has 0 aliphatic heterocycles. The van der Waals surface area contributed by atoms with E-state index >= 15 is 0 Å². The predicted molar refractivity (Wildman–Crippen MR) is 119 cm³/mol. The summed E-state index contributed by atoms with van der Waals surface area (Å²) in [7, 11) is 1.84. The average Bonchev–Trinajstić information content (AvgIpc) is 3.18. The minimum atomic E-state index is 0.207. The van der Waals surface area contributed by atoms with E-state index in [0.717, 1.165) is 16.7 Å². The molecule has 0 atom stereocenters. The Morgan fingerprint density at radius 1 is 0.931 bits per heavy atom. The smallest absolute Gasteiger partial charge is 0.129 e. The van der Waals surface area contributed by atoms with Crippen LogP contribution < -0.4 is 17.2 Å². The van der Waals surface area contributed by atoms with Crippen molar-refractivity contribution in [2.75, 3.05) is 0 Å². The Labute approximate surface area is 175 Å². The van der Waals surface area contributed by atoms with Crippen LogP contribution in [0.5, 0.6) is 0 Å². The molecule has 0 bridgehead atoms. The number of rotatable bonds is 6. The minimum Gasteiger partial charge on any atom is -0.398 e. The molecule has 1 aromatic heterocycles. The fourth-order valence-corrected chi connectivity index (χ4v) is 3.13. The number of nitrogens with zero attached hydrogens (tertiary/aromatic N) is 3. The summed E-state index contributed by atoms with van der Waals surface area (Å²) >= 11 is 6.70. The van der Waals surface area contributed by atoms with E-state index in [4.69, 9.17) is 28.8 Å². The van der Waals surface area contributed by atoms with Crippen molar-refractivity contribution in [3.05, 3.63) is 100 Å². The van der Waals surface area contributed by atoms with Crippen molar-refractivity contribution in [1.29, 1.82) is 0 Å². The van der Waals surface area contributed by atoms with Crippen LogP contribution in [-0.4, -0.2) is 15.6 Å². The number of benzene rings is 2. The average molecular weight is 407 g/mol. The van der Waals surface area contributed by atoms with Crippen molar-refractivity contribution in [2.45, 2.75) is 6.54 Å². The molecule has 0 spiro atoms. The molecule has 6 nitrogen and oxygen atoms in total. The quantitative estimate of drug-likeness (QED) is 0.331. The van der Waals surface area contributed by atoms with Crippen LogP contribution in [0.25, 0.3) is 11.4 Å². The maximum absolute atomic E-state index is 6.70. The molecule has 3 rings (SSSR count). The maximum Gasteiger partial charge on any atom is 0.129 e. The summed E-state index contributed by atoms with van der Waals surface area (Å²) in [6.45, 7) is 0.348. The van der Waals surface area contributed by atoms with Crippen molar-refractivity contribution in [3.8, 4) is 0 Å². The lowest BCUT2D eigenvalue weighted by molar-refractivity contribution is 0.767. The van der Waals surface area contributed by atoms with Gasteiger partial charge < -0.3 is 17.2 Å². The Morgan fingerprint density at radius 2 is 1.48 bits per heavy atom. The first-order chi connectivity index (χ1) is 14.0. The Balaban J connectivity index is 2.09. The van der Waals surface area contributed by atoms with Crippen molar-refractivity contribution >= 4 is 28.8 Å². The largest absolute Gasteiger partial charge is 0.398 e. The summed E-state index contributed by atoms with van der Waals surface area (Å²) in [4.78, 5) is 4.48. The third kappa shape index (κ3) is 4.86. The number of halogens is 1. The number of amidine groups is 1. The fraction of sp³-hybridized carbons (Fsp3) is 0.0909. The molecule has 3 aromatic rings. The van der Waals surface area contributed by atoms with Gasteiger partial charge in [0.2, 0.25) is 0 Å². The Morgan fingerprint density at radius 3 is 2.00 bits per heavy atom. The molecule has 1 heterocycles. The summed E-state index contributed by atoms with van der Waals surface area (Å²) in [6.07, 6.45) is 3.60. The number of hydrogen-bond acceptors (Lipinski definition) is 4. The highest BCUT2D eigenvalue weighted by Gasteiger charge is 2.18. The summed E-state index contributed by atoms with van der Waals surface area (Å²) in [5.74, 6) is 0.207. The van der Waals surface area contributed by atoms with E-state index in [1.165, 1.54) is 0 Å². The van der Waals surface area contributed by atoms with Crippen molar-refractivity contribution in [2.24, 2.45) is 29.2 Å². The van der Waals surface area contributed by atoms with Crippen molar-refractivity contribution in [3.63, 3.8) is 0 Å². The summed E-state index contributed by atoms with van der Waals surface area (Å²) < 4.78 is 1.70. The van der Waals surface area contributed by atoms with Gasteiger partial charge in [-0.1, -0.05) is 72.3 Å². The lowest BCUT2D eigenvalue weighted by Gasteiger charge is -2.14. The molecule has 29 heavy (non-hydrogen) atoms. The second kappa shape index (κ2) is 9.12. The van der Waals surface area contributed by atoms with E-state index in [0.29, 0.717) is 23.5 Å². The van der Waals surface area contributed by atoms with Crippen LogP contribution in [0.2, 0.25) is 0 Å². The van der Waals surface area contributed by atoms with Gasteiger partial charge in [0.05, 0.1) is 34.7 Å². The van der Waals surface area contributed by atoms with Gasteiger partial charge >= 0.3 is 0 Å². The van der Waals surface area contributed by atoms with Gasteiger partial charge in [-0.3, -0.25) is 9.67 Å². The first-order valence-electron chi connectivity index (χ1n) is 9.01. The second-order valence-corrected chi connectivity index (χ2v) is 6.85. The maximum atomic E-state index is 6.70. The second-order valence-electron chi connectivity index (χ2n) is 6.47. The zero-order chi connectivity index (χ0) is 20.8. The number of hydrogen-bond donors (Lipinski definition) is 3. The first-order valence-corrected chi connectivity index (χ1v) is 9.39. The molecule has 0 saturated heterocycles. The van der Waals surface area contributed by atoms with Crippen LogP contribution in [0.4, 0.5) is 0 Å². The van der Waals surface area contributed by atoms with Crippen LogP contribution in [0, 0.1) is 0 Å². The Hall–Kier alpha value is -3.51. The van der Waals surface area contributed by atoms with Crippen molar-refractivity contribution < 1.29 is 0 Å². The van der Waals surface area contributed by atoms with Gasteiger partial charge in [-0.2, -0.15) is 5.10 Å². The lowest BCUT2D eigenvalue weighted by Crippen LogP contribution is -2.21. The zero-order valence-electron chi connectivity index (χ0n) is 16.1. The van der Waals surface area contributed by atoms with E-state index in [-0.39, 0.29) is 10.9 Å². The van der Waals surface area contributed by atoms with Gasteiger partial charge in [0.25, 0.3) is 0 Å². The van der Waals surface area contributed by atoms with E-state index in [9.17, 15) is 0 Å². The molecule has 7 heteroatoms. The van der Waals surface area contributed by atoms with E-state index in [2.05, 4.69) is 10.1 Å². The SMILES string of the molecule is Cn1cc(CN=C(N)C(=C(N)c2ccccc2)/C(Cl)=C(\N)c2ccccc2)cn1. The molecule has 0 saturated carbocycles. The number of aliphatic imine (C=N–C) groups is 1. The highest BCUT2D eigenvalue weighted by atomic mass is 35.5. The third-order valence-electron chi connectivity index (χ3n) is 4.34. The summed E-state index contributed by atoms with van der Waals surface area (Å²) in [6, 6.07) is 18.9. The Kier molecular flexibility index (Phi) is 6.36. The van der Waals surface area contributed by atoms with E-state index < -0.39 is 0 Å². The molecular formula is C22H23ClN6. The first kappa shape index (κ1) is 20.2. The molecule has 0 amide bonds. The molecule has 0 unspecified atom stereocenters. The third-order valence-corrected chi connectivity index (χ3v) is 4.73. The summed E-state index contributed by atoms with van der Waals surface area (Å²) in [5, 5.41) is 4.39. The van der Waals surface area contributed by atoms with Gasteiger partial charge in [-0.05, 0) is 11.1 Å². The van der Waals surface area contributed by atoms with E-state index in [1.54, 1.807) is 10.9 Å². The van der Waals surface area contributed by atoms with Gasteiger partial charge in [0.15, 0.2) is 0 Å². The van der Waals surface area contributed by atoms with Crippen molar-refractivity contribution in [1.82, 2.24) is 9.78 Å². The van der Waals surface area contributed by atoms with Gasteiger partial charge in [0, 0.05) is 18.8 Å². The highest BCUT2D eigenvalue weighted by molar-refractivity contribution is 6.39. The zero-order valence-corrected chi connectivity index (χ0v) is 16.8. The molecule has 6 N–H and O–H groups in total. The highest BCUT2D eigenvalue weighted by Crippen LogP contribution is 2.28. The van der Waals surface area contributed by atoms with Gasteiger partial charge in [0.1, 0.15) is 5.84 Å². The van der Waals surface area contributed by atoms with Crippen LogP contribution in [0.15, 0.2) is 88.7 Å². The topological polar surface area (TPSA) is 108 Å². The number of nitrogens with two attached hydrogens (primary N) is 3. The summed E-state index contributed by atoms with van der Waals surface area (Å²) in [5.41, 5.74) is 22.8. The molecule has 0 aliphatic carbocycles.